The summed E-state index contributed by atoms with van der Waals surface area (Å²) in [5.41, 5.74) is 7.39. The summed E-state index contributed by atoms with van der Waals surface area (Å²) in [6, 6.07) is 4.06. The molecule has 2 fully saturated rings. The molecule has 2 aliphatic rings. The van der Waals surface area contributed by atoms with Gasteiger partial charge in [0.05, 0.1) is 13.5 Å². The van der Waals surface area contributed by atoms with E-state index in [0.29, 0.717) is 24.9 Å². The molecule has 0 saturated heterocycles. The molecule has 6 nitrogen and oxygen atoms in total. The highest BCUT2D eigenvalue weighted by Crippen LogP contribution is 2.42. The zero-order valence-corrected chi connectivity index (χ0v) is 15.5. The van der Waals surface area contributed by atoms with Gasteiger partial charge in [-0.2, -0.15) is 0 Å². The molecule has 1 heterocycles. The summed E-state index contributed by atoms with van der Waals surface area (Å²) >= 11 is 0. The van der Waals surface area contributed by atoms with Crippen LogP contribution in [0.4, 0.5) is 0 Å². The van der Waals surface area contributed by atoms with Gasteiger partial charge in [0.2, 0.25) is 5.91 Å². The second-order valence-corrected chi connectivity index (χ2v) is 7.64. The average Bonchev–Trinajstić information content (AvgIpc) is 2.65. The van der Waals surface area contributed by atoms with Crippen molar-refractivity contribution in [1.29, 1.82) is 0 Å². The summed E-state index contributed by atoms with van der Waals surface area (Å²) in [4.78, 5) is 30.7. The quantitative estimate of drug-likeness (QED) is 0.787. The summed E-state index contributed by atoms with van der Waals surface area (Å²) in [5.74, 6) is 0.791. The van der Waals surface area contributed by atoms with Gasteiger partial charge >= 0.3 is 5.97 Å². The van der Waals surface area contributed by atoms with E-state index in [-0.39, 0.29) is 30.3 Å². The highest BCUT2D eigenvalue weighted by Gasteiger charge is 2.41. The predicted octanol–water partition coefficient (Wildman–Crippen LogP) is 2.13. The van der Waals surface area contributed by atoms with Gasteiger partial charge in [-0.15, -0.1) is 0 Å². The van der Waals surface area contributed by atoms with Crippen LogP contribution in [0.5, 0.6) is 0 Å². The van der Waals surface area contributed by atoms with Crippen LogP contribution in [0.1, 0.15) is 44.1 Å². The Kier molecular flexibility index (Phi) is 6.25. The SMILES string of the molecule is COC(=O)CCN(Cc1ccncc1)C(=O)C1CC2CCCC(C1)C2N. The second-order valence-electron chi connectivity index (χ2n) is 7.64. The molecular weight excluding hydrogens is 330 g/mol. The van der Waals surface area contributed by atoms with Crippen molar-refractivity contribution in [3.63, 3.8) is 0 Å². The van der Waals surface area contributed by atoms with Crippen molar-refractivity contribution in [2.75, 3.05) is 13.7 Å². The molecule has 2 atom stereocenters. The fraction of sp³-hybridized carbons (Fsp3) is 0.650. The molecule has 0 spiro atoms. The minimum Gasteiger partial charge on any atom is -0.469 e. The van der Waals surface area contributed by atoms with Crippen molar-refractivity contribution in [2.45, 2.75) is 51.1 Å². The normalized spacial score (nSPS) is 27.6. The molecule has 6 heteroatoms. The van der Waals surface area contributed by atoms with Crippen molar-refractivity contribution >= 4 is 11.9 Å². The van der Waals surface area contributed by atoms with Gasteiger partial charge in [-0.05, 0) is 55.2 Å². The Bertz CT molecular complexity index is 608. The van der Waals surface area contributed by atoms with Crippen LogP contribution in [0.15, 0.2) is 24.5 Å². The van der Waals surface area contributed by atoms with Crippen LogP contribution in [0.3, 0.4) is 0 Å². The lowest BCUT2D eigenvalue weighted by molar-refractivity contribution is -0.143. The highest BCUT2D eigenvalue weighted by atomic mass is 16.5. The van der Waals surface area contributed by atoms with Crippen molar-refractivity contribution in [3.8, 4) is 0 Å². The minimum absolute atomic E-state index is 0.0181. The number of ether oxygens (including phenoxy) is 1. The maximum atomic E-state index is 13.3. The molecule has 3 rings (SSSR count). The van der Waals surface area contributed by atoms with E-state index in [1.54, 1.807) is 12.4 Å². The third kappa shape index (κ3) is 4.41. The molecule has 26 heavy (non-hydrogen) atoms. The fourth-order valence-corrected chi connectivity index (χ4v) is 4.55. The molecule has 1 aromatic rings. The first-order valence-corrected chi connectivity index (χ1v) is 9.58. The van der Waals surface area contributed by atoms with Crippen molar-refractivity contribution in [1.82, 2.24) is 9.88 Å². The van der Waals surface area contributed by atoms with E-state index in [1.807, 2.05) is 17.0 Å². The Morgan fingerprint density at radius 1 is 1.23 bits per heavy atom. The Morgan fingerprint density at radius 3 is 2.50 bits per heavy atom. The Labute approximate surface area is 155 Å². The third-order valence-electron chi connectivity index (χ3n) is 6.01. The second kappa shape index (κ2) is 8.62. The zero-order chi connectivity index (χ0) is 18.5. The van der Waals surface area contributed by atoms with Crippen LogP contribution in [-0.2, 0) is 20.9 Å². The van der Waals surface area contributed by atoms with E-state index in [4.69, 9.17) is 10.5 Å². The summed E-state index contributed by atoms with van der Waals surface area (Å²) < 4.78 is 4.75. The Hall–Kier alpha value is -1.95. The van der Waals surface area contributed by atoms with Crippen LogP contribution >= 0.6 is 0 Å². The van der Waals surface area contributed by atoms with E-state index in [2.05, 4.69) is 4.98 Å². The first kappa shape index (κ1) is 18.8. The Morgan fingerprint density at radius 2 is 1.88 bits per heavy atom. The number of pyridine rings is 1. The zero-order valence-electron chi connectivity index (χ0n) is 15.5. The van der Waals surface area contributed by atoms with Crippen LogP contribution in [-0.4, -0.2) is 41.5 Å². The van der Waals surface area contributed by atoms with E-state index >= 15 is 0 Å². The average molecular weight is 359 g/mol. The van der Waals surface area contributed by atoms with Gasteiger partial charge in [0, 0.05) is 37.4 Å². The smallest absolute Gasteiger partial charge is 0.307 e. The predicted molar refractivity (Wildman–Crippen MR) is 97.8 cm³/mol. The minimum atomic E-state index is -0.292. The number of nitrogens with two attached hydrogens (primary N) is 1. The van der Waals surface area contributed by atoms with Gasteiger partial charge in [0.1, 0.15) is 0 Å². The van der Waals surface area contributed by atoms with Gasteiger partial charge < -0.3 is 15.4 Å². The molecule has 2 N–H and O–H groups in total. The van der Waals surface area contributed by atoms with Gasteiger partial charge in [0.15, 0.2) is 0 Å². The van der Waals surface area contributed by atoms with Gasteiger partial charge in [-0.1, -0.05) is 6.42 Å². The van der Waals surface area contributed by atoms with E-state index < -0.39 is 0 Å². The highest BCUT2D eigenvalue weighted by molar-refractivity contribution is 5.80. The summed E-state index contributed by atoms with van der Waals surface area (Å²) in [6.07, 6.45) is 8.91. The van der Waals surface area contributed by atoms with Crippen LogP contribution in [0.25, 0.3) is 0 Å². The topological polar surface area (TPSA) is 85.5 Å². The number of amides is 1. The van der Waals surface area contributed by atoms with Crippen LogP contribution in [0.2, 0.25) is 0 Å². The maximum Gasteiger partial charge on any atom is 0.307 e. The summed E-state index contributed by atoms with van der Waals surface area (Å²) in [6.45, 7) is 0.877. The molecule has 1 aromatic heterocycles. The summed E-state index contributed by atoms with van der Waals surface area (Å²) in [5, 5.41) is 0. The van der Waals surface area contributed by atoms with Gasteiger partial charge in [-0.3, -0.25) is 14.6 Å². The third-order valence-corrected chi connectivity index (χ3v) is 6.01. The maximum absolute atomic E-state index is 13.3. The van der Waals surface area contributed by atoms with Gasteiger partial charge in [0.25, 0.3) is 0 Å². The molecule has 1 amide bonds. The van der Waals surface area contributed by atoms with E-state index in [9.17, 15) is 9.59 Å². The Balaban J connectivity index is 1.70. The monoisotopic (exact) mass is 359 g/mol. The fourth-order valence-electron chi connectivity index (χ4n) is 4.55. The lowest BCUT2D eigenvalue weighted by atomic mass is 9.65. The number of aromatic nitrogens is 1. The number of carbonyl (C=O) groups is 2. The molecule has 2 aliphatic carbocycles. The number of carbonyl (C=O) groups excluding carboxylic acids is 2. The number of nitrogens with zero attached hydrogens (tertiary/aromatic N) is 2. The first-order chi connectivity index (χ1) is 12.6. The van der Waals surface area contributed by atoms with E-state index in [0.717, 1.165) is 31.2 Å². The number of hydrogen-bond donors (Lipinski definition) is 1. The van der Waals surface area contributed by atoms with Gasteiger partial charge in [-0.25, -0.2) is 0 Å². The lowest BCUT2D eigenvalue weighted by Crippen LogP contribution is -2.49. The van der Waals surface area contributed by atoms with Crippen LogP contribution < -0.4 is 5.73 Å². The lowest BCUT2D eigenvalue weighted by Gasteiger charge is -2.44. The standard InChI is InChI=1S/C20H29N3O3/c1-26-18(24)7-10-23(13-14-5-8-22-9-6-14)20(25)17-11-15-3-2-4-16(12-17)19(15)21/h5-6,8-9,15-17,19H,2-4,7,10-13,21H2,1H3. The molecule has 0 aromatic carbocycles. The molecule has 142 valence electrons. The molecule has 0 radical (unpaired) electrons. The molecular formula is C20H29N3O3. The number of rotatable bonds is 6. The molecule has 2 unspecified atom stereocenters. The number of fused-ring (bicyclic) bond motifs is 2. The van der Waals surface area contributed by atoms with Crippen LogP contribution in [0, 0.1) is 17.8 Å². The number of esters is 1. The van der Waals surface area contributed by atoms with Crippen molar-refractivity contribution in [2.24, 2.45) is 23.5 Å². The molecule has 2 bridgehead atoms. The van der Waals surface area contributed by atoms with Crippen molar-refractivity contribution < 1.29 is 14.3 Å². The first-order valence-electron chi connectivity index (χ1n) is 9.58. The number of methoxy groups -OCH3 is 1. The summed E-state index contributed by atoms with van der Waals surface area (Å²) in [7, 11) is 1.38. The molecule has 0 aliphatic heterocycles. The molecule has 2 saturated carbocycles. The van der Waals surface area contributed by atoms with E-state index in [1.165, 1.54) is 13.5 Å². The van der Waals surface area contributed by atoms with Crippen molar-refractivity contribution in [3.05, 3.63) is 30.1 Å². The number of hydrogen-bond acceptors (Lipinski definition) is 5. The largest absolute Gasteiger partial charge is 0.469 e.